The summed E-state index contributed by atoms with van der Waals surface area (Å²) in [5.74, 6) is 0. The Kier molecular flexibility index (Phi) is 3.30. The van der Waals surface area contributed by atoms with E-state index in [1.54, 1.807) is 0 Å². The van der Waals surface area contributed by atoms with Gasteiger partial charge in [-0.1, -0.05) is 60.7 Å². The van der Waals surface area contributed by atoms with Crippen molar-refractivity contribution >= 4 is 54.3 Å². The highest BCUT2D eigenvalue weighted by atomic mass is 16.3. The molecule has 2 heteroatoms. The van der Waals surface area contributed by atoms with Gasteiger partial charge >= 0.3 is 0 Å². The van der Waals surface area contributed by atoms with Crippen molar-refractivity contribution in [2.45, 2.75) is 0 Å². The van der Waals surface area contributed by atoms with Crippen LogP contribution in [0.2, 0.25) is 0 Å². The largest absolute Gasteiger partial charge is 0.456 e. The zero-order valence-electron chi connectivity index (χ0n) is 16.7. The normalized spacial score (nSPS) is 11.9. The molecular weight excluding hydrogens is 378 g/mol. The number of furan rings is 1. The van der Waals surface area contributed by atoms with Crippen LogP contribution >= 0.6 is 0 Å². The lowest BCUT2D eigenvalue weighted by molar-refractivity contribution is 0.669. The van der Waals surface area contributed by atoms with Crippen LogP contribution in [0.3, 0.4) is 0 Å². The molecule has 0 saturated carbocycles. The molecule has 0 atom stereocenters. The van der Waals surface area contributed by atoms with E-state index >= 15 is 0 Å². The van der Waals surface area contributed by atoms with Crippen molar-refractivity contribution in [3.63, 3.8) is 0 Å². The van der Waals surface area contributed by atoms with E-state index in [0.29, 0.717) is 0 Å². The minimum Gasteiger partial charge on any atom is -0.456 e. The second-order valence-corrected chi connectivity index (χ2v) is 8.04. The van der Waals surface area contributed by atoms with Gasteiger partial charge in [0.1, 0.15) is 11.2 Å². The van der Waals surface area contributed by atoms with Crippen molar-refractivity contribution in [3.05, 3.63) is 103 Å². The molecule has 2 aromatic heterocycles. The zero-order chi connectivity index (χ0) is 20.4. The van der Waals surface area contributed by atoms with E-state index in [2.05, 4.69) is 83.8 Å². The minimum atomic E-state index is 0.924. The summed E-state index contributed by atoms with van der Waals surface area (Å²) in [4.78, 5) is 4.40. The molecule has 7 aromatic rings. The van der Waals surface area contributed by atoms with Crippen molar-refractivity contribution in [2.24, 2.45) is 0 Å². The first-order chi connectivity index (χ1) is 15.4. The fourth-order valence-corrected chi connectivity index (χ4v) is 4.88. The lowest BCUT2D eigenvalue weighted by Crippen LogP contribution is -1.85. The number of hydrogen-bond acceptors (Lipinski definition) is 2. The monoisotopic (exact) mass is 395 g/mol. The first-order valence-electron chi connectivity index (χ1n) is 10.5. The average Bonchev–Trinajstić information content (AvgIpc) is 3.22. The predicted octanol–water partition coefficient (Wildman–Crippen LogP) is 8.11. The van der Waals surface area contributed by atoms with Crippen LogP contribution < -0.4 is 0 Å². The molecule has 0 fully saturated rings. The molecule has 2 nitrogen and oxygen atoms in total. The van der Waals surface area contributed by atoms with Crippen LogP contribution in [0.25, 0.3) is 65.4 Å². The summed E-state index contributed by atoms with van der Waals surface area (Å²) in [6.07, 6.45) is 3.85. The van der Waals surface area contributed by atoms with Crippen LogP contribution in [0.15, 0.2) is 108 Å². The van der Waals surface area contributed by atoms with Gasteiger partial charge in [0.15, 0.2) is 0 Å². The molecule has 31 heavy (non-hydrogen) atoms. The number of rotatable bonds is 1. The molecule has 0 amide bonds. The number of aromatic nitrogens is 1. The smallest absolute Gasteiger partial charge is 0.135 e. The second-order valence-electron chi connectivity index (χ2n) is 8.04. The van der Waals surface area contributed by atoms with E-state index < -0.39 is 0 Å². The quantitative estimate of drug-likeness (QED) is 0.262. The standard InChI is InChI=1S/C29H17NO/c1-2-6-21-20(5-1)23-13-14-30-17-27(23)22-11-9-18(15-25(21)22)19-10-12-29-26(16-19)24-7-3-4-8-28(24)31-29/h1-17H. The number of para-hydroxylation sites is 1. The molecule has 0 aliphatic heterocycles. The Labute approximate surface area is 178 Å². The van der Waals surface area contributed by atoms with Gasteiger partial charge in [0, 0.05) is 28.6 Å². The van der Waals surface area contributed by atoms with E-state index in [-0.39, 0.29) is 0 Å². The Bertz CT molecular complexity index is 1760. The van der Waals surface area contributed by atoms with Crippen LogP contribution in [-0.4, -0.2) is 4.98 Å². The van der Waals surface area contributed by atoms with Gasteiger partial charge in [0.05, 0.1) is 0 Å². The summed E-state index contributed by atoms with van der Waals surface area (Å²) in [6.45, 7) is 0. The number of nitrogens with zero attached hydrogens (tertiary/aromatic N) is 1. The predicted molar refractivity (Wildman–Crippen MR) is 129 cm³/mol. The zero-order valence-corrected chi connectivity index (χ0v) is 16.7. The number of benzene rings is 5. The number of hydrogen-bond donors (Lipinski definition) is 0. The van der Waals surface area contributed by atoms with Crippen LogP contribution in [0, 0.1) is 0 Å². The van der Waals surface area contributed by atoms with E-state index in [4.69, 9.17) is 4.42 Å². The highest BCUT2D eigenvalue weighted by Crippen LogP contribution is 2.38. The molecular formula is C29H17NO. The van der Waals surface area contributed by atoms with E-state index in [1.165, 1.54) is 43.4 Å². The van der Waals surface area contributed by atoms with Crippen molar-refractivity contribution in [2.75, 3.05) is 0 Å². The first-order valence-corrected chi connectivity index (χ1v) is 10.5. The second kappa shape index (κ2) is 6.16. The molecule has 0 spiro atoms. The minimum absolute atomic E-state index is 0.924. The third-order valence-corrected chi connectivity index (χ3v) is 6.35. The molecule has 2 heterocycles. The Balaban J connectivity index is 1.54. The van der Waals surface area contributed by atoms with E-state index in [9.17, 15) is 0 Å². The van der Waals surface area contributed by atoms with Gasteiger partial charge in [0.25, 0.3) is 0 Å². The molecule has 0 radical (unpaired) electrons. The Hall–Kier alpha value is -4.17. The molecule has 5 aromatic carbocycles. The van der Waals surface area contributed by atoms with Crippen LogP contribution in [0.1, 0.15) is 0 Å². The van der Waals surface area contributed by atoms with E-state index in [0.717, 1.165) is 21.9 Å². The van der Waals surface area contributed by atoms with Gasteiger partial charge in [-0.15, -0.1) is 0 Å². The third kappa shape index (κ3) is 2.36. The summed E-state index contributed by atoms with van der Waals surface area (Å²) in [5.41, 5.74) is 4.25. The Morgan fingerprint density at radius 3 is 1.94 bits per heavy atom. The topological polar surface area (TPSA) is 26.0 Å². The average molecular weight is 395 g/mol. The van der Waals surface area contributed by atoms with Crippen molar-refractivity contribution < 1.29 is 4.42 Å². The Morgan fingerprint density at radius 2 is 1.06 bits per heavy atom. The highest BCUT2D eigenvalue weighted by Gasteiger charge is 2.11. The van der Waals surface area contributed by atoms with Crippen molar-refractivity contribution in [1.82, 2.24) is 4.98 Å². The van der Waals surface area contributed by atoms with Gasteiger partial charge in [-0.2, -0.15) is 0 Å². The lowest BCUT2D eigenvalue weighted by Gasteiger charge is -2.11. The van der Waals surface area contributed by atoms with Crippen LogP contribution in [-0.2, 0) is 0 Å². The SMILES string of the molecule is c1ccc2c(c1)oc1ccc(-c3ccc4c5cnccc5c5ccccc5c4c3)cc12. The highest BCUT2D eigenvalue weighted by molar-refractivity contribution is 6.25. The third-order valence-electron chi connectivity index (χ3n) is 6.35. The summed E-state index contributed by atoms with van der Waals surface area (Å²) in [6, 6.07) is 32.2. The van der Waals surface area contributed by atoms with Crippen molar-refractivity contribution in [1.29, 1.82) is 0 Å². The molecule has 0 unspecified atom stereocenters. The summed E-state index contributed by atoms with van der Waals surface area (Å²) in [7, 11) is 0. The number of pyridine rings is 1. The lowest BCUT2D eigenvalue weighted by atomic mass is 9.92. The molecule has 0 bridgehead atoms. The van der Waals surface area contributed by atoms with Gasteiger partial charge in [-0.05, 0) is 68.4 Å². The Morgan fingerprint density at radius 1 is 0.452 bits per heavy atom. The summed E-state index contributed by atoms with van der Waals surface area (Å²) >= 11 is 0. The molecule has 7 rings (SSSR count). The molecule has 0 aliphatic carbocycles. The van der Waals surface area contributed by atoms with Crippen LogP contribution in [0.4, 0.5) is 0 Å². The molecule has 144 valence electrons. The van der Waals surface area contributed by atoms with Crippen molar-refractivity contribution in [3.8, 4) is 11.1 Å². The van der Waals surface area contributed by atoms with Gasteiger partial charge in [-0.3, -0.25) is 4.98 Å². The number of fused-ring (bicyclic) bond motifs is 9. The summed E-state index contributed by atoms with van der Waals surface area (Å²) < 4.78 is 6.01. The van der Waals surface area contributed by atoms with Gasteiger partial charge in [0.2, 0.25) is 0 Å². The maximum atomic E-state index is 6.01. The fraction of sp³-hybridized carbons (Fsp3) is 0. The molecule has 0 aliphatic rings. The maximum Gasteiger partial charge on any atom is 0.135 e. The van der Waals surface area contributed by atoms with Crippen LogP contribution in [0.5, 0.6) is 0 Å². The maximum absolute atomic E-state index is 6.01. The van der Waals surface area contributed by atoms with Gasteiger partial charge < -0.3 is 4.42 Å². The fourth-order valence-electron chi connectivity index (χ4n) is 4.88. The molecule has 0 N–H and O–H groups in total. The van der Waals surface area contributed by atoms with E-state index in [1.807, 2.05) is 24.5 Å². The first kappa shape index (κ1) is 16.6. The molecule has 0 saturated heterocycles. The van der Waals surface area contributed by atoms with Gasteiger partial charge in [-0.25, -0.2) is 0 Å². The summed E-state index contributed by atoms with van der Waals surface area (Å²) in [5, 5.41) is 9.78.